The molecular weight excluding hydrogens is 218 g/mol. The Balaban J connectivity index is 1.85. The van der Waals surface area contributed by atoms with E-state index in [2.05, 4.69) is 5.32 Å². The molecule has 4 nitrogen and oxygen atoms in total. The van der Waals surface area contributed by atoms with Gasteiger partial charge in [0.2, 0.25) is 5.91 Å². The molecule has 0 aliphatic heterocycles. The number of carbonyl (C=O) groups excluding carboxylic acids is 1. The van der Waals surface area contributed by atoms with Crippen molar-refractivity contribution in [1.29, 1.82) is 0 Å². The normalized spacial score (nSPS) is 10.1. The van der Waals surface area contributed by atoms with Crippen LogP contribution in [-0.2, 0) is 17.8 Å². The second-order valence-electron chi connectivity index (χ2n) is 3.76. The van der Waals surface area contributed by atoms with Gasteiger partial charge in [0.25, 0.3) is 0 Å². The Hall–Kier alpha value is -2.23. The molecule has 1 amide bonds. The highest BCUT2D eigenvalue weighted by Crippen LogP contribution is 2.11. The van der Waals surface area contributed by atoms with Crippen molar-refractivity contribution in [2.75, 3.05) is 0 Å². The van der Waals surface area contributed by atoms with E-state index in [0.29, 0.717) is 6.54 Å². The topological polar surface area (TPSA) is 62.5 Å². The molecule has 4 heteroatoms. The van der Waals surface area contributed by atoms with E-state index in [-0.39, 0.29) is 18.1 Å². The van der Waals surface area contributed by atoms with Crippen molar-refractivity contribution in [1.82, 2.24) is 5.32 Å². The van der Waals surface area contributed by atoms with Crippen LogP contribution >= 0.6 is 0 Å². The highest BCUT2D eigenvalue weighted by molar-refractivity contribution is 5.78. The van der Waals surface area contributed by atoms with E-state index < -0.39 is 0 Å². The van der Waals surface area contributed by atoms with E-state index in [1.165, 1.54) is 0 Å². The zero-order chi connectivity index (χ0) is 12.1. The van der Waals surface area contributed by atoms with Crippen LogP contribution < -0.4 is 5.32 Å². The lowest BCUT2D eigenvalue weighted by molar-refractivity contribution is -0.120. The first-order chi connectivity index (χ1) is 8.24. The molecule has 17 heavy (non-hydrogen) atoms. The summed E-state index contributed by atoms with van der Waals surface area (Å²) in [5.74, 6) is 0.0851. The number of aromatic hydroxyl groups is 1. The lowest BCUT2D eigenvalue weighted by Crippen LogP contribution is -2.24. The van der Waals surface area contributed by atoms with Gasteiger partial charge >= 0.3 is 0 Å². The molecule has 1 aromatic heterocycles. The molecule has 0 fully saturated rings. The number of amides is 1. The number of phenolic OH excluding ortho intramolecular Hbond substituents is 1. The second-order valence-corrected chi connectivity index (χ2v) is 3.76. The first-order valence-electron chi connectivity index (χ1n) is 5.30. The summed E-state index contributed by atoms with van der Waals surface area (Å²) in [5.41, 5.74) is 1.71. The third kappa shape index (κ3) is 3.38. The fraction of sp³-hybridized carbons (Fsp3) is 0.154. The van der Waals surface area contributed by atoms with Gasteiger partial charge in [-0.25, -0.2) is 0 Å². The lowest BCUT2D eigenvalue weighted by atomic mass is 10.1. The van der Waals surface area contributed by atoms with Crippen molar-refractivity contribution in [2.24, 2.45) is 0 Å². The molecule has 0 saturated carbocycles. The van der Waals surface area contributed by atoms with Crippen molar-refractivity contribution >= 4 is 5.91 Å². The zero-order valence-corrected chi connectivity index (χ0v) is 9.22. The fourth-order valence-electron chi connectivity index (χ4n) is 1.51. The monoisotopic (exact) mass is 231 g/mol. The van der Waals surface area contributed by atoms with Crippen LogP contribution in [0.25, 0.3) is 0 Å². The van der Waals surface area contributed by atoms with E-state index in [1.807, 2.05) is 0 Å². The van der Waals surface area contributed by atoms with Gasteiger partial charge in [-0.1, -0.05) is 12.1 Å². The van der Waals surface area contributed by atoms with Crippen LogP contribution in [0, 0.1) is 0 Å². The molecule has 2 rings (SSSR count). The van der Waals surface area contributed by atoms with Gasteiger partial charge in [-0.05, 0) is 23.8 Å². The Kier molecular flexibility index (Phi) is 3.45. The van der Waals surface area contributed by atoms with Crippen molar-refractivity contribution in [3.05, 3.63) is 54.0 Å². The molecule has 2 aromatic rings. The molecular formula is C13H13NO3. The summed E-state index contributed by atoms with van der Waals surface area (Å²) in [6, 6.07) is 8.48. The number of hydrogen-bond donors (Lipinski definition) is 2. The van der Waals surface area contributed by atoms with Gasteiger partial charge in [0.05, 0.1) is 18.9 Å². The Bertz CT molecular complexity index is 491. The number of furan rings is 1. The minimum absolute atomic E-state index is 0.0863. The summed E-state index contributed by atoms with van der Waals surface area (Å²) < 4.78 is 4.90. The van der Waals surface area contributed by atoms with Gasteiger partial charge < -0.3 is 14.8 Å². The summed E-state index contributed by atoms with van der Waals surface area (Å²) >= 11 is 0. The smallest absolute Gasteiger partial charge is 0.224 e. The highest BCUT2D eigenvalue weighted by atomic mass is 16.3. The number of hydrogen-bond acceptors (Lipinski definition) is 3. The average Bonchev–Trinajstić information content (AvgIpc) is 2.79. The minimum Gasteiger partial charge on any atom is -0.508 e. The standard InChI is InChI=1S/C13H13NO3/c15-12-3-1-2-10(6-12)7-13(16)14-8-11-4-5-17-9-11/h1-6,9,15H,7-8H2,(H,14,16). The van der Waals surface area contributed by atoms with Gasteiger partial charge in [-0.15, -0.1) is 0 Å². The average molecular weight is 231 g/mol. The third-order valence-corrected chi connectivity index (χ3v) is 2.35. The molecule has 0 aliphatic rings. The van der Waals surface area contributed by atoms with Crippen molar-refractivity contribution < 1.29 is 14.3 Å². The van der Waals surface area contributed by atoms with E-state index in [0.717, 1.165) is 11.1 Å². The minimum atomic E-state index is -0.0863. The molecule has 0 unspecified atom stereocenters. The van der Waals surface area contributed by atoms with Crippen molar-refractivity contribution in [3.8, 4) is 5.75 Å². The maximum atomic E-state index is 11.6. The largest absolute Gasteiger partial charge is 0.508 e. The number of carbonyl (C=O) groups is 1. The van der Waals surface area contributed by atoms with E-state index in [9.17, 15) is 9.90 Å². The Morgan fingerprint density at radius 3 is 2.88 bits per heavy atom. The maximum absolute atomic E-state index is 11.6. The summed E-state index contributed by atoms with van der Waals surface area (Å²) in [6.45, 7) is 0.453. The van der Waals surface area contributed by atoms with Gasteiger partial charge in [0.1, 0.15) is 5.75 Å². The molecule has 88 valence electrons. The molecule has 0 bridgehead atoms. The van der Waals surface area contributed by atoms with Gasteiger partial charge in [0, 0.05) is 12.1 Å². The van der Waals surface area contributed by atoms with Crippen LogP contribution in [0.5, 0.6) is 5.75 Å². The zero-order valence-electron chi connectivity index (χ0n) is 9.22. The molecule has 0 aliphatic carbocycles. The number of phenols is 1. The quantitative estimate of drug-likeness (QED) is 0.844. The molecule has 2 N–H and O–H groups in total. The van der Waals surface area contributed by atoms with Crippen LogP contribution in [0.4, 0.5) is 0 Å². The molecule has 0 radical (unpaired) electrons. The Morgan fingerprint density at radius 1 is 1.29 bits per heavy atom. The molecule has 0 saturated heterocycles. The number of nitrogens with one attached hydrogen (secondary N) is 1. The van der Waals surface area contributed by atoms with Gasteiger partial charge in [-0.3, -0.25) is 4.79 Å². The SMILES string of the molecule is O=C(Cc1cccc(O)c1)NCc1ccoc1. The lowest BCUT2D eigenvalue weighted by Gasteiger charge is -2.04. The third-order valence-electron chi connectivity index (χ3n) is 2.35. The summed E-state index contributed by atoms with van der Waals surface area (Å²) in [7, 11) is 0. The summed E-state index contributed by atoms with van der Waals surface area (Å²) in [4.78, 5) is 11.6. The fourth-order valence-corrected chi connectivity index (χ4v) is 1.51. The number of benzene rings is 1. The van der Waals surface area contributed by atoms with Crippen molar-refractivity contribution in [3.63, 3.8) is 0 Å². The van der Waals surface area contributed by atoms with Crippen LogP contribution in [0.15, 0.2) is 47.3 Å². The predicted octanol–water partition coefficient (Wildman–Crippen LogP) is 1.84. The highest BCUT2D eigenvalue weighted by Gasteiger charge is 2.04. The predicted molar refractivity (Wildman–Crippen MR) is 62.4 cm³/mol. The Morgan fingerprint density at radius 2 is 2.18 bits per heavy atom. The summed E-state index contributed by atoms with van der Waals surface area (Å²) in [6.07, 6.45) is 3.41. The summed E-state index contributed by atoms with van der Waals surface area (Å²) in [5, 5.41) is 12.0. The first-order valence-corrected chi connectivity index (χ1v) is 5.30. The van der Waals surface area contributed by atoms with Crippen LogP contribution in [0.2, 0.25) is 0 Å². The van der Waals surface area contributed by atoms with E-state index in [1.54, 1.807) is 42.9 Å². The molecule has 0 spiro atoms. The van der Waals surface area contributed by atoms with Crippen LogP contribution in [0.1, 0.15) is 11.1 Å². The van der Waals surface area contributed by atoms with Gasteiger partial charge in [-0.2, -0.15) is 0 Å². The van der Waals surface area contributed by atoms with Crippen LogP contribution in [0.3, 0.4) is 0 Å². The second kappa shape index (κ2) is 5.21. The first kappa shape index (κ1) is 11.3. The van der Waals surface area contributed by atoms with Crippen LogP contribution in [-0.4, -0.2) is 11.0 Å². The maximum Gasteiger partial charge on any atom is 0.224 e. The van der Waals surface area contributed by atoms with E-state index >= 15 is 0 Å². The molecule has 1 heterocycles. The van der Waals surface area contributed by atoms with Gasteiger partial charge in [0.15, 0.2) is 0 Å². The Labute approximate surface area is 98.9 Å². The molecule has 1 aromatic carbocycles. The van der Waals surface area contributed by atoms with Crippen molar-refractivity contribution in [2.45, 2.75) is 13.0 Å². The molecule has 0 atom stereocenters. The number of rotatable bonds is 4. The van der Waals surface area contributed by atoms with E-state index in [4.69, 9.17) is 4.42 Å².